The number of amides is 1. The number of nitrogens with zero attached hydrogens (tertiary/aromatic N) is 2. The summed E-state index contributed by atoms with van der Waals surface area (Å²) in [5.41, 5.74) is 0.797. The van der Waals surface area contributed by atoms with Crippen molar-refractivity contribution in [1.82, 2.24) is 9.21 Å². The molecule has 1 amide bonds. The van der Waals surface area contributed by atoms with Crippen molar-refractivity contribution in [3.05, 3.63) is 23.2 Å². The average molecular weight is 344 g/mol. The lowest BCUT2D eigenvalue weighted by Crippen LogP contribution is -2.37. The number of carbonyl (C=O) groups excluding carboxylic acids is 1. The monoisotopic (exact) mass is 344 g/mol. The van der Waals surface area contributed by atoms with Gasteiger partial charge in [-0.25, -0.2) is 12.7 Å². The van der Waals surface area contributed by atoms with Gasteiger partial charge in [0.1, 0.15) is 12.2 Å². The van der Waals surface area contributed by atoms with Gasteiger partial charge in [-0.15, -0.1) is 0 Å². The van der Waals surface area contributed by atoms with Crippen LogP contribution >= 0.6 is 0 Å². The Morgan fingerprint density at radius 1 is 1.43 bits per heavy atom. The summed E-state index contributed by atoms with van der Waals surface area (Å²) >= 11 is 0. The summed E-state index contributed by atoms with van der Waals surface area (Å²) in [7, 11) is -1.64. The van der Waals surface area contributed by atoms with Crippen molar-refractivity contribution in [3.8, 4) is 0 Å². The van der Waals surface area contributed by atoms with Gasteiger partial charge < -0.3 is 14.4 Å². The van der Waals surface area contributed by atoms with E-state index in [1.807, 2.05) is 0 Å². The summed E-state index contributed by atoms with van der Waals surface area (Å²) < 4.78 is 30.0. The van der Waals surface area contributed by atoms with Gasteiger partial charge in [0.15, 0.2) is 0 Å². The number of rotatable bonds is 6. The van der Waals surface area contributed by atoms with Crippen LogP contribution in [0.3, 0.4) is 0 Å². The van der Waals surface area contributed by atoms with E-state index < -0.39 is 16.0 Å². The molecule has 0 saturated carbocycles. The largest absolute Gasteiger partial charge is 0.481 e. The fraction of sp³-hybridized carbons (Fsp3) is 0.571. The van der Waals surface area contributed by atoms with Crippen molar-refractivity contribution in [3.63, 3.8) is 0 Å². The zero-order chi connectivity index (χ0) is 17.2. The predicted octanol–water partition coefficient (Wildman–Crippen LogP) is 0.323. The first kappa shape index (κ1) is 17.5. The number of furan rings is 1. The fourth-order valence-corrected chi connectivity index (χ4v) is 4.07. The van der Waals surface area contributed by atoms with E-state index in [1.165, 1.54) is 15.5 Å². The summed E-state index contributed by atoms with van der Waals surface area (Å²) in [4.78, 5) is 24.7. The standard InChI is InChI=1S/C14H20N2O6S/c1-10-9-22-11(8-12(17)18)13(10)14(19)15(2)5-6-16-4-3-7-23(16,20)21/h9H,3-8H2,1-2H3,(H,17,18). The number of hydrogen-bond acceptors (Lipinski definition) is 5. The Kier molecular flexibility index (Phi) is 5.10. The quantitative estimate of drug-likeness (QED) is 0.796. The molecule has 8 nitrogen and oxygen atoms in total. The third-order valence-electron chi connectivity index (χ3n) is 3.81. The molecular formula is C14H20N2O6S. The summed E-state index contributed by atoms with van der Waals surface area (Å²) in [5.74, 6) is -1.20. The van der Waals surface area contributed by atoms with Gasteiger partial charge in [0.05, 0.1) is 17.6 Å². The van der Waals surface area contributed by atoms with Crippen molar-refractivity contribution < 1.29 is 27.5 Å². The Morgan fingerprint density at radius 3 is 2.70 bits per heavy atom. The number of hydrogen-bond donors (Lipinski definition) is 1. The Morgan fingerprint density at radius 2 is 2.13 bits per heavy atom. The van der Waals surface area contributed by atoms with Crippen molar-refractivity contribution in [2.45, 2.75) is 19.8 Å². The highest BCUT2D eigenvalue weighted by atomic mass is 32.2. The molecule has 128 valence electrons. The minimum absolute atomic E-state index is 0.112. The van der Waals surface area contributed by atoms with Crippen molar-refractivity contribution >= 4 is 21.9 Å². The van der Waals surface area contributed by atoms with Crippen molar-refractivity contribution in [2.24, 2.45) is 0 Å². The maximum atomic E-state index is 12.5. The van der Waals surface area contributed by atoms with Crippen LogP contribution in [0, 0.1) is 6.92 Å². The number of carboxylic acids is 1. The van der Waals surface area contributed by atoms with E-state index in [-0.39, 0.29) is 42.5 Å². The Balaban J connectivity index is 2.05. The minimum Gasteiger partial charge on any atom is -0.481 e. The zero-order valence-corrected chi connectivity index (χ0v) is 13.9. The first-order valence-corrected chi connectivity index (χ1v) is 8.85. The molecule has 0 radical (unpaired) electrons. The van der Waals surface area contributed by atoms with E-state index in [0.717, 1.165) is 0 Å². The normalized spacial score (nSPS) is 17.3. The van der Waals surface area contributed by atoms with E-state index in [1.54, 1.807) is 14.0 Å². The molecule has 0 atom stereocenters. The number of likely N-dealkylation sites (N-methyl/N-ethyl adjacent to an activating group) is 1. The van der Waals surface area contributed by atoms with Crippen molar-refractivity contribution in [1.29, 1.82) is 0 Å². The lowest BCUT2D eigenvalue weighted by molar-refractivity contribution is -0.136. The van der Waals surface area contributed by atoms with Crippen LogP contribution in [0.4, 0.5) is 0 Å². The van der Waals surface area contributed by atoms with Gasteiger partial charge in [0.25, 0.3) is 5.91 Å². The highest BCUT2D eigenvalue weighted by Gasteiger charge is 2.29. The number of carboxylic acid groups (broad SMARTS) is 1. The van der Waals surface area contributed by atoms with Crippen LogP contribution in [-0.4, -0.2) is 67.0 Å². The molecule has 1 aromatic heterocycles. The number of aliphatic carboxylic acids is 1. The molecule has 1 aliphatic heterocycles. The number of sulfonamides is 1. The summed E-state index contributed by atoms with van der Waals surface area (Å²) in [6.07, 6.45) is 1.58. The third kappa shape index (κ3) is 3.91. The molecule has 0 bridgehead atoms. The van der Waals surface area contributed by atoms with E-state index >= 15 is 0 Å². The fourth-order valence-electron chi connectivity index (χ4n) is 2.55. The van der Waals surface area contributed by atoms with E-state index in [0.29, 0.717) is 18.5 Å². The first-order valence-electron chi connectivity index (χ1n) is 7.24. The molecule has 1 saturated heterocycles. The zero-order valence-electron chi connectivity index (χ0n) is 13.1. The van der Waals surface area contributed by atoms with Crippen LogP contribution in [0.2, 0.25) is 0 Å². The van der Waals surface area contributed by atoms with E-state index in [9.17, 15) is 18.0 Å². The lowest BCUT2D eigenvalue weighted by Gasteiger charge is -2.21. The molecule has 2 rings (SSSR count). The van der Waals surface area contributed by atoms with Crippen LogP contribution in [0.1, 0.15) is 28.1 Å². The molecule has 0 aromatic carbocycles. The molecule has 1 fully saturated rings. The lowest BCUT2D eigenvalue weighted by atomic mass is 10.1. The summed E-state index contributed by atoms with van der Waals surface area (Å²) in [6.45, 7) is 2.60. The molecule has 1 N–H and O–H groups in total. The maximum Gasteiger partial charge on any atom is 0.311 e. The molecule has 2 heterocycles. The molecule has 0 unspecified atom stereocenters. The molecule has 1 aromatic rings. The Bertz CT molecular complexity index is 709. The highest BCUT2D eigenvalue weighted by Crippen LogP contribution is 2.19. The van der Waals surface area contributed by atoms with Gasteiger partial charge in [-0.05, 0) is 13.3 Å². The second-order valence-corrected chi connectivity index (χ2v) is 7.67. The van der Waals surface area contributed by atoms with Crippen LogP contribution in [0.15, 0.2) is 10.7 Å². The minimum atomic E-state index is -3.20. The predicted molar refractivity (Wildman–Crippen MR) is 81.7 cm³/mol. The molecular weight excluding hydrogens is 324 g/mol. The van der Waals surface area contributed by atoms with Gasteiger partial charge >= 0.3 is 5.97 Å². The van der Waals surface area contributed by atoms with Crippen LogP contribution in [0.25, 0.3) is 0 Å². The smallest absolute Gasteiger partial charge is 0.311 e. The molecule has 0 aliphatic carbocycles. The highest BCUT2D eigenvalue weighted by molar-refractivity contribution is 7.89. The Hall–Kier alpha value is -1.87. The Labute approximate surface area is 134 Å². The molecule has 0 spiro atoms. The van der Waals surface area contributed by atoms with E-state index in [4.69, 9.17) is 9.52 Å². The van der Waals surface area contributed by atoms with Crippen LogP contribution in [-0.2, 0) is 21.2 Å². The second-order valence-electron chi connectivity index (χ2n) is 5.58. The van der Waals surface area contributed by atoms with Crippen molar-refractivity contribution in [2.75, 3.05) is 32.4 Å². The molecule has 9 heteroatoms. The third-order valence-corrected chi connectivity index (χ3v) is 5.77. The molecule has 23 heavy (non-hydrogen) atoms. The maximum absolute atomic E-state index is 12.5. The first-order chi connectivity index (χ1) is 10.7. The van der Waals surface area contributed by atoms with Gasteiger partial charge in [0.2, 0.25) is 10.0 Å². The summed E-state index contributed by atoms with van der Waals surface area (Å²) in [5, 5.41) is 8.87. The number of carbonyl (C=O) groups is 2. The SMILES string of the molecule is Cc1coc(CC(=O)O)c1C(=O)N(C)CCN1CCCS1(=O)=O. The van der Waals surface area contributed by atoms with Gasteiger partial charge in [-0.3, -0.25) is 9.59 Å². The second kappa shape index (κ2) is 6.71. The molecule has 1 aliphatic rings. The van der Waals surface area contributed by atoms with Crippen LogP contribution < -0.4 is 0 Å². The summed E-state index contributed by atoms with van der Waals surface area (Å²) in [6, 6.07) is 0. The number of aryl methyl sites for hydroxylation is 1. The average Bonchev–Trinajstić information content (AvgIpc) is 2.97. The van der Waals surface area contributed by atoms with Gasteiger partial charge in [0, 0.05) is 32.2 Å². The van der Waals surface area contributed by atoms with Gasteiger partial charge in [-0.1, -0.05) is 0 Å². The topological polar surface area (TPSA) is 108 Å². The van der Waals surface area contributed by atoms with Crippen LogP contribution in [0.5, 0.6) is 0 Å². The van der Waals surface area contributed by atoms with Gasteiger partial charge in [-0.2, -0.15) is 0 Å². The van der Waals surface area contributed by atoms with E-state index in [2.05, 4.69) is 0 Å².